The quantitative estimate of drug-likeness (QED) is 0.0125. The first-order valence-corrected chi connectivity index (χ1v) is 39.5. The van der Waals surface area contributed by atoms with Crippen LogP contribution in [-0.4, -0.2) is 295 Å². The number of nitrogens with one attached hydrogen (secondary N) is 15. The smallest absolute Gasteiger partial charge is 0.326 e. The van der Waals surface area contributed by atoms with Crippen molar-refractivity contribution in [1.29, 1.82) is 0 Å². The van der Waals surface area contributed by atoms with E-state index in [4.69, 9.17) is 45.9 Å². The van der Waals surface area contributed by atoms with Crippen molar-refractivity contribution in [3.63, 3.8) is 0 Å². The Morgan fingerprint density at radius 2 is 0.842 bits per heavy atom. The summed E-state index contributed by atoms with van der Waals surface area (Å²) in [6, 6.07) is -23.2. The lowest BCUT2D eigenvalue weighted by atomic mass is 9.96. The number of amides is 15. The van der Waals surface area contributed by atoms with Gasteiger partial charge in [0.1, 0.15) is 78.5 Å². The molecule has 0 unspecified atom stereocenters. The Morgan fingerprint density at radius 3 is 1.29 bits per heavy atom. The van der Waals surface area contributed by atoms with Crippen LogP contribution in [0.3, 0.4) is 0 Å². The van der Waals surface area contributed by atoms with Crippen molar-refractivity contribution in [2.24, 2.45) is 78.6 Å². The third kappa shape index (κ3) is 40.8. The van der Waals surface area contributed by atoms with E-state index in [1.807, 2.05) is 0 Å². The summed E-state index contributed by atoms with van der Waals surface area (Å²) >= 11 is 8.30. The van der Waals surface area contributed by atoms with Crippen molar-refractivity contribution in [2.75, 3.05) is 44.3 Å². The van der Waals surface area contributed by atoms with E-state index in [0.717, 1.165) is 6.92 Å². The van der Waals surface area contributed by atoms with Gasteiger partial charge in [-0.3, -0.25) is 91.7 Å². The van der Waals surface area contributed by atoms with Gasteiger partial charge in [-0.05, 0) is 83.0 Å². The van der Waals surface area contributed by atoms with Gasteiger partial charge in [0.15, 0.2) is 17.9 Å². The number of hydrogen-bond acceptors (Lipinski definition) is 27. The average molecular weight is 1750 g/mol. The van der Waals surface area contributed by atoms with E-state index in [2.05, 4.69) is 125 Å². The number of rotatable bonds is 58. The molecule has 0 bridgehead atoms. The third-order valence-electron chi connectivity index (χ3n) is 17.8. The highest BCUT2D eigenvalue weighted by atomic mass is 32.1. The van der Waals surface area contributed by atoms with Gasteiger partial charge in [-0.2, -0.15) is 25.3 Å². The molecule has 1 aromatic heterocycles. The predicted octanol–water partition coefficient (Wildman–Crippen LogP) is -12.0. The Balaban J connectivity index is 3.71. The number of carboxylic acid groups (broad SMARTS) is 2. The van der Waals surface area contributed by atoms with Crippen LogP contribution >= 0.6 is 25.3 Å². The molecule has 0 aliphatic rings. The molecule has 15 amide bonds. The number of primary amides is 1. The lowest BCUT2D eigenvalue weighted by Crippen LogP contribution is -2.62. The Bertz CT molecular complexity index is 3700. The summed E-state index contributed by atoms with van der Waals surface area (Å²) in [7, 11) is 0. The van der Waals surface area contributed by atoms with Gasteiger partial charge in [0.05, 0.1) is 44.1 Å². The van der Waals surface area contributed by atoms with E-state index >= 15 is 0 Å². The Hall–Kier alpha value is -11.4. The van der Waals surface area contributed by atoms with Crippen LogP contribution in [0.4, 0.5) is 0 Å². The maximum Gasteiger partial charge on any atom is 0.326 e. The molecule has 0 aliphatic carbocycles. The van der Waals surface area contributed by atoms with Crippen LogP contribution in [0.1, 0.15) is 132 Å². The molecular formula is C69H121N27O22S2. The van der Waals surface area contributed by atoms with Crippen LogP contribution in [-0.2, 0) is 87.9 Å². The molecule has 0 aromatic carbocycles. The summed E-state index contributed by atoms with van der Waals surface area (Å²) in [5, 5.41) is 83.9. The number of nitrogens with two attached hydrogens (primary N) is 8. The fourth-order valence-electron chi connectivity index (χ4n) is 11.0. The number of aliphatic hydroxyl groups excluding tert-OH is 3. The van der Waals surface area contributed by atoms with Gasteiger partial charge in [-0.25, -0.2) is 9.78 Å². The highest BCUT2D eigenvalue weighted by molar-refractivity contribution is 7.80. The molecule has 0 saturated carbocycles. The number of imidazole rings is 1. The molecule has 17 atom stereocenters. The summed E-state index contributed by atoms with van der Waals surface area (Å²) in [6.45, 7) is 9.57. The predicted molar refractivity (Wildman–Crippen MR) is 438 cm³/mol. The van der Waals surface area contributed by atoms with E-state index in [1.165, 1.54) is 40.2 Å². The SMILES string of the molecule is CC[C@H](C)[C@H](NC(=O)[C@H](CCC(=O)O)NC(=O)[C@H](CCCN=C(N)N)NC(=O)[C@H](CS)NC(=O)[C@@H](NC(=O)[C@@H](NC(=O)[C@@H](N)CCCN=C(N)N)[C@@H](C)O)C(C)C)C(=O)N[C@@H](CCCN=C(N)N)C(=O)N[C@@H](Cc1cnc[nH]1)C(=O)N[C@@H](CC(N)=O)C(=O)N[C@@H](CO)C(=O)N[C@H](C(=O)NCC(=O)N[C@@H](CS)C(=O)N[C@@H](CC(C)C)C(=O)O)[C@@H](C)O. The molecule has 0 aliphatic heterocycles. The first kappa shape index (κ1) is 107. The number of carbonyl (C=O) groups excluding carboxylic acids is 15. The van der Waals surface area contributed by atoms with Crippen LogP contribution in [0.5, 0.6) is 0 Å². The zero-order valence-corrected chi connectivity index (χ0v) is 69.8. The topological polar surface area (TPSA) is 834 Å². The zero-order chi connectivity index (χ0) is 91.4. The highest BCUT2D eigenvalue weighted by Crippen LogP contribution is 2.15. The normalized spacial score (nSPS) is 15.3. The largest absolute Gasteiger partial charge is 0.481 e. The van der Waals surface area contributed by atoms with Crippen LogP contribution < -0.4 is 120 Å². The van der Waals surface area contributed by atoms with Gasteiger partial charge in [-0.1, -0.05) is 48.0 Å². The van der Waals surface area contributed by atoms with Crippen molar-refractivity contribution in [2.45, 2.75) is 229 Å². The number of carboxylic acids is 2. The maximum absolute atomic E-state index is 14.8. The summed E-state index contributed by atoms with van der Waals surface area (Å²) < 4.78 is 0. The minimum Gasteiger partial charge on any atom is -0.481 e. The molecule has 51 heteroatoms. The number of aliphatic hydroxyl groups is 3. The van der Waals surface area contributed by atoms with Crippen LogP contribution in [0, 0.1) is 17.8 Å². The van der Waals surface area contributed by atoms with E-state index < -0.39 is 254 Å². The van der Waals surface area contributed by atoms with Crippen molar-refractivity contribution in [1.82, 2.24) is 84.4 Å². The summed E-state index contributed by atoms with van der Waals surface area (Å²) in [5.74, 6) is -22.9. The van der Waals surface area contributed by atoms with Gasteiger partial charge in [-0.15, -0.1) is 0 Å². The standard InChI is InChI=1S/C69H121N27O22S2/c1-9-32(6)50(94-56(107)39(16-17-48(102)103)86-54(105)37(14-11-19-80-68(74)75)85-61(112)45(28-120)92-63(114)49(31(4)5)93-65(116)52(34(8)99)95-53(104)36(70)13-10-18-79-67(72)73)64(115)87-38(15-12-20-81-69(76)77)55(106)88-40(22-35-24-78-29-83-35)57(108)89-41(23-46(71)100)58(109)91-43(26-97)59(110)96-51(33(7)98)62(113)82-25-47(101)84-44(27-119)60(111)90-42(66(117)118)21-30(2)3/h24,29-34,36-45,49-52,97-99,119-120H,9-23,25-28,70H2,1-8H3,(H2,71,100)(H,78,83)(H,82,113)(H,84,101)(H,85,112)(H,86,105)(H,87,115)(H,88,106)(H,89,108)(H,90,111)(H,91,109)(H,92,114)(H,93,116)(H,94,107)(H,95,104)(H,96,110)(H,102,103)(H,117,118)(H4,72,73,79)(H4,74,75,80)(H4,76,77,81)/t32-,33+,34+,36-,37-,38-,39-,40-,41-,42-,43-,44-,45-,49-,50-,51-,52-/m0/s1. The molecule has 676 valence electrons. The average Bonchev–Trinajstić information content (AvgIpc) is 0.861. The number of carbonyl (C=O) groups is 17. The number of guanidine groups is 3. The molecule has 1 aromatic rings. The number of hydrogen-bond donors (Lipinski definition) is 30. The van der Waals surface area contributed by atoms with Crippen molar-refractivity contribution in [3.8, 4) is 0 Å². The minimum atomic E-state index is -2.04. The number of nitrogens with zero attached hydrogens (tertiary/aromatic N) is 4. The molecule has 36 N–H and O–H groups in total. The van der Waals surface area contributed by atoms with Crippen molar-refractivity contribution < 1.29 is 107 Å². The second kappa shape index (κ2) is 55.3. The molecule has 0 radical (unpaired) electrons. The molecule has 0 fully saturated rings. The molecule has 0 spiro atoms. The Morgan fingerprint density at radius 1 is 0.458 bits per heavy atom. The fraction of sp³-hybridized carbons (Fsp3) is 0.667. The fourth-order valence-corrected chi connectivity index (χ4v) is 11.5. The Kier molecular flexibility index (Phi) is 49.1. The van der Waals surface area contributed by atoms with Crippen LogP contribution in [0.2, 0.25) is 0 Å². The minimum absolute atomic E-state index is 0.0444. The summed E-state index contributed by atoms with van der Waals surface area (Å²) in [6.07, 6.45) is -4.04. The number of aliphatic imine (C=N–C) groups is 3. The van der Waals surface area contributed by atoms with Gasteiger partial charge < -0.3 is 151 Å². The van der Waals surface area contributed by atoms with Gasteiger partial charge in [0.2, 0.25) is 88.6 Å². The van der Waals surface area contributed by atoms with Crippen LogP contribution in [0.15, 0.2) is 27.5 Å². The zero-order valence-electron chi connectivity index (χ0n) is 68.0. The van der Waals surface area contributed by atoms with Gasteiger partial charge >= 0.3 is 11.9 Å². The number of thiol groups is 2. The number of aromatic amines is 1. The van der Waals surface area contributed by atoms with Gasteiger partial charge in [0, 0.05) is 55.9 Å². The first-order chi connectivity index (χ1) is 56.2. The highest BCUT2D eigenvalue weighted by Gasteiger charge is 2.40. The summed E-state index contributed by atoms with van der Waals surface area (Å²) in [4.78, 5) is 250. The first-order valence-electron chi connectivity index (χ1n) is 38.2. The molecule has 1 heterocycles. The third-order valence-corrected chi connectivity index (χ3v) is 18.5. The van der Waals surface area contributed by atoms with E-state index in [0.29, 0.717) is 0 Å². The Labute approximate surface area is 702 Å². The number of aromatic nitrogens is 2. The van der Waals surface area contributed by atoms with E-state index in [-0.39, 0.29) is 106 Å². The molecule has 0 saturated heterocycles. The second-order valence-electron chi connectivity index (χ2n) is 28.7. The van der Waals surface area contributed by atoms with E-state index in [9.17, 15) is 107 Å². The summed E-state index contributed by atoms with van der Waals surface area (Å²) in [5.41, 5.74) is 44.5. The molecular weight excluding hydrogens is 1620 g/mol. The molecule has 1 rings (SSSR count). The molecule has 49 nitrogen and oxygen atoms in total. The molecule has 120 heavy (non-hydrogen) atoms. The van der Waals surface area contributed by atoms with Gasteiger partial charge in [0.25, 0.3) is 0 Å². The van der Waals surface area contributed by atoms with Crippen molar-refractivity contribution in [3.05, 3.63) is 18.2 Å². The number of H-pyrrole nitrogens is 1. The lowest BCUT2D eigenvalue weighted by molar-refractivity contribution is -0.142. The number of aliphatic carboxylic acids is 2. The maximum atomic E-state index is 14.8. The monoisotopic (exact) mass is 1740 g/mol. The lowest BCUT2D eigenvalue weighted by Gasteiger charge is -2.30. The van der Waals surface area contributed by atoms with Crippen LogP contribution in [0.25, 0.3) is 0 Å². The van der Waals surface area contributed by atoms with Crippen molar-refractivity contribution >= 4 is 144 Å². The van der Waals surface area contributed by atoms with E-state index in [1.54, 1.807) is 20.8 Å². The second-order valence-corrected chi connectivity index (χ2v) is 29.5.